The Morgan fingerprint density at radius 3 is 1.29 bits per heavy atom. The largest absolute Gasteiger partial charge is 0.447 e. The molecule has 0 aliphatic heterocycles. The number of alkyl carbamates (subject to hydrolysis) is 2. The second-order valence-electron chi connectivity index (χ2n) is 4.50. The Morgan fingerprint density at radius 2 is 0.964 bits per heavy atom. The molecule has 10 nitrogen and oxygen atoms in total. The van der Waals surface area contributed by atoms with E-state index in [0.29, 0.717) is 39.1 Å². The smallest absolute Gasteiger partial charge is 0.407 e. The molecule has 4 N–H and O–H groups in total. The van der Waals surface area contributed by atoms with E-state index in [9.17, 15) is 9.59 Å². The van der Waals surface area contributed by atoms with Crippen molar-refractivity contribution in [2.45, 2.75) is 40.5 Å². The third-order valence-corrected chi connectivity index (χ3v) is 2.50. The number of amides is 2. The Morgan fingerprint density at radius 1 is 0.643 bits per heavy atom. The van der Waals surface area contributed by atoms with Gasteiger partial charge in [0.05, 0.1) is 26.4 Å². The molecule has 0 rings (SSSR count). The van der Waals surface area contributed by atoms with Gasteiger partial charge in [0.15, 0.2) is 0 Å². The van der Waals surface area contributed by atoms with Gasteiger partial charge in [0.1, 0.15) is 13.2 Å². The van der Waals surface area contributed by atoms with E-state index in [1.807, 2.05) is 27.7 Å². The number of ether oxygens (including phenoxy) is 4. The molecule has 0 aromatic carbocycles. The first kappa shape index (κ1) is 31.1. The molecule has 0 spiro atoms. The lowest BCUT2D eigenvalue weighted by molar-refractivity contribution is 0.0155. The van der Waals surface area contributed by atoms with E-state index in [1.54, 1.807) is 0 Å². The molecule has 0 radical (unpaired) electrons. The zero-order valence-corrected chi connectivity index (χ0v) is 17.8. The fraction of sp³-hybridized carbons (Fsp3) is 0.889. The number of rotatable bonds is 15. The highest BCUT2D eigenvalue weighted by atomic mass is 16.6. The number of carbonyl (C=O) groups excluding carboxylic acids is 2. The van der Waals surface area contributed by atoms with Gasteiger partial charge >= 0.3 is 12.2 Å². The Hall–Kier alpha value is -1.62. The molecule has 0 aromatic heterocycles. The first-order chi connectivity index (χ1) is 13.7. The summed E-state index contributed by atoms with van der Waals surface area (Å²) in [6, 6.07) is 0. The number of nitrogens with one attached hydrogen (secondary N) is 2. The van der Waals surface area contributed by atoms with E-state index in [4.69, 9.17) is 29.2 Å². The van der Waals surface area contributed by atoms with Gasteiger partial charge in [-0.1, -0.05) is 27.7 Å². The summed E-state index contributed by atoms with van der Waals surface area (Å²) in [4.78, 5) is 22.2. The highest BCUT2D eigenvalue weighted by Crippen LogP contribution is 1.85. The van der Waals surface area contributed by atoms with Gasteiger partial charge in [-0.15, -0.1) is 0 Å². The summed E-state index contributed by atoms with van der Waals surface area (Å²) in [6.45, 7) is 10.2. The van der Waals surface area contributed by atoms with Crippen molar-refractivity contribution in [1.82, 2.24) is 10.6 Å². The van der Waals surface area contributed by atoms with Crippen molar-refractivity contribution in [2.24, 2.45) is 0 Å². The Kier molecular flexibility index (Phi) is 33.4. The lowest BCUT2D eigenvalue weighted by atomic mass is 10.5. The molecular weight excluding hydrogens is 372 g/mol. The van der Waals surface area contributed by atoms with E-state index >= 15 is 0 Å². The molecule has 170 valence electrons. The number of carbonyl (C=O) groups is 2. The van der Waals surface area contributed by atoms with Crippen LogP contribution in [-0.4, -0.2) is 88.3 Å². The van der Waals surface area contributed by atoms with Crippen molar-refractivity contribution < 1.29 is 38.7 Å². The number of aliphatic hydroxyl groups is 2. The Labute approximate surface area is 168 Å². The van der Waals surface area contributed by atoms with E-state index < -0.39 is 12.2 Å². The van der Waals surface area contributed by atoms with Crippen LogP contribution < -0.4 is 10.6 Å². The number of hydrogen-bond donors (Lipinski definition) is 4. The normalized spacial score (nSPS) is 9.21. The minimum absolute atomic E-state index is 0.0167. The highest BCUT2D eigenvalue weighted by Gasteiger charge is 2.01. The average molecular weight is 413 g/mol. The molecule has 0 saturated heterocycles. The Balaban J connectivity index is -0.00000146. The minimum atomic E-state index is -0.544. The van der Waals surface area contributed by atoms with Gasteiger partial charge in [-0.25, -0.2) is 9.59 Å². The van der Waals surface area contributed by atoms with Crippen molar-refractivity contribution in [3.63, 3.8) is 0 Å². The molecule has 0 aliphatic carbocycles. The molecule has 0 bridgehead atoms. The highest BCUT2D eigenvalue weighted by molar-refractivity contribution is 5.67. The van der Waals surface area contributed by atoms with E-state index in [-0.39, 0.29) is 39.6 Å². The van der Waals surface area contributed by atoms with Crippen LogP contribution in [0.2, 0.25) is 0 Å². The van der Waals surface area contributed by atoms with Gasteiger partial charge in [-0.3, -0.25) is 0 Å². The van der Waals surface area contributed by atoms with Gasteiger partial charge in [0, 0.05) is 26.3 Å². The standard InChI is InChI=1S/C14H28N2O8.2C2H6/c17-5-1-3-15-13(19)23-11-9-21-7-8-22-10-12-24-14(20)16-4-2-6-18;2*1-2/h17-18H,1-12H2,(H,15,19)(H,16,20);2*1-2H3. The minimum Gasteiger partial charge on any atom is -0.447 e. The summed E-state index contributed by atoms with van der Waals surface area (Å²) < 4.78 is 20.0. The van der Waals surface area contributed by atoms with Crippen LogP contribution in [0.25, 0.3) is 0 Å². The molecule has 0 aromatic rings. The SMILES string of the molecule is CC.CC.O=C(NCCCO)OCCOCCOCCOC(=O)NCCCO. The molecule has 0 unspecified atom stereocenters. The van der Waals surface area contributed by atoms with Crippen LogP contribution in [0.15, 0.2) is 0 Å². The molecule has 0 heterocycles. The van der Waals surface area contributed by atoms with Crippen molar-refractivity contribution >= 4 is 12.2 Å². The zero-order chi connectivity index (χ0) is 21.9. The van der Waals surface area contributed by atoms with Crippen LogP contribution in [0, 0.1) is 0 Å². The maximum atomic E-state index is 11.1. The van der Waals surface area contributed by atoms with Gasteiger partial charge in [-0.05, 0) is 12.8 Å². The molecule has 10 heteroatoms. The van der Waals surface area contributed by atoms with Crippen LogP contribution in [0.4, 0.5) is 9.59 Å². The molecule has 0 aliphatic rings. The lowest BCUT2D eigenvalue weighted by Gasteiger charge is -2.08. The van der Waals surface area contributed by atoms with Crippen LogP contribution in [0.5, 0.6) is 0 Å². The molecule has 28 heavy (non-hydrogen) atoms. The number of hydrogen-bond acceptors (Lipinski definition) is 8. The summed E-state index contributed by atoms with van der Waals surface area (Å²) in [7, 11) is 0. The van der Waals surface area contributed by atoms with Gasteiger partial charge < -0.3 is 39.8 Å². The van der Waals surface area contributed by atoms with Gasteiger partial charge in [0.2, 0.25) is 0 Å². The van der Waals surface area contributed by atoms with Gasteiger partial charge in [-0.2, -0.15) is 0 Å². The molecule has 0 atom stereocenters. The van der Waals surface area contributed by atoms with Crippen LogP contribution in [-0.2, 0) is 18.9 Å². The average Bonchev–Trinajstić information content (AvgIpc) is 2.72. The van der Waals surface area contributed by atoms with E-state index in [1.165, 1.54) is 0 Å². The van der Waals surface area contributed by atoms with Crippen molar-refractivity contribution in [3.05, 3.63) is 0 Å². The lowest BCUT2D eigenvalue weighted by Crippen LogP contribution is -2.27. The first-order valence-electron chi connectivity index (χ1n) is 9.89. The maximum Gasteiger partial charge on any atom is 0.407 e. The van der Waals surface area contributed by atoms with E-state index in [0.717, 1.165) is 0 Å². The summed E-state index contributed by atoms with van der Waals surface area (Å²) in [5.74, 6) is 0. The third-order valence-electron chi connectivity index (χ3n) is 2.50. The van der Waals surface area contributed by atoms with Crippen molar-refractivity contribution in [1.29, 1.82) is 0 Å². The van der Waals surface area contributed by atoms with Crippen LogP contribution in [0.1, 0.15) is 40.5 Å². The molecule has 0 saturated carbocycles. The topological polar surface area (TPSA) is 136 Å². The fourth-order valence-electron chi connectivity index (χ4n) is 1.35. The van der Waals surface area contributed by atoms with Crippen molar-refractivity contribution in [2.75, 3.05) is 65.9 Å². The first-order valence-corrected chi connectivity index (χ1v) is 9.89. The maximum absolute atomic E-state index is 11.1. The van der Waals surface area contributed by atoms with Crippen LogP contribution >= 0.6 is 0 Å². The Bertz CT molecular complexity index is 290. The summed E-state index contributed by atoms with van der Waals surface area (Å²) in [5, 5.41) is 22.0. The summed E-state index contributed by atoms with van der Waals surface area (Å²) in [5.41, 5.74) is 0. The van der Waals surface area contributed by atoms with Gasteiger partial charge in [0.25, 0.3) is 0 Å². The molecular formula is C18H40N2O8. The fourth-order valence-corrected chi connectivity index (χ4v) is 1.35. The monoisotopic (exact) mass is 412 g/mol. The number of aliphatic hydroxyl groups excluding tert-OH is 2. The summed E-state index contributed by atoms with van der Waals surface area (Å²) in [6.07, 6.45) is -0.121. The predicted molar refractivity (Wildman–Crippen MR) is 106 cm³/mol. The second kappa shape index (κ2) is 30.1. The zero-order valence-electron chi connectivity index (χ0n) is 17.8. The summed E-state index contributed by atoms with van der Waals surface area (Å²) >= 11 is 0. The third kappa shape index (κ3) is 29.2. The van der Waals surface area contributed by atoms with Crippen molar-refractivity contribution in [3.8, 4) is 0 Å². The second-order valence-corrected chi connectivity index (χ2v) is 4.50. The quantitative estimate of drug-likeness (QED) is 0.296. The molecule has 2 amide bonds. The predicted octanol–water partition coefficient (Wildman–Crippen LogP) is 1.29. The van der Waals surface area contributed by atoms with E-state index in [2.05, 4.69) is 10.6 Å². The molecule has 0 fully saturated rings. The van der Waals surface area contributed by atoms with Crippen LogP contribution in [0.3, 0.4) is 0 Å².